The zero-order valence-electron chi connectivity index (χ0n) is 20.6. The van der Waals surface area contributed by atoms with E-state index in [1.807, 2.05) is 0 Å². The molecule has 5 unspecified atom stereocenters. The topological polar surface area (TPSA) is 243 Å². The van der Waals surface area contributed by atoms with Gasteiger partial charge in [0, 0.05) is 5.75 Å². The second-order valence-corrected chi connectivity index (χ2v) is 9.88. The number of hydrogen-bond donors (Lipinski definition) is 8. The van der Waals surface area contributed by atoms with Crippen molar-refractivity contribution >= 4 is 47.3 Å². The van der Waals surface area contributed by atoms with Crippen LogP contribution in [0.25, 0.3) is 0 Å². The predicted molar refractivity (Wildman–Crippen MR) is 136 cm³/mol. The van der Waals surface area contributed by atoms with Gasteiger partial charge in [-0.15, -0.1) is 11.8 Å². The molecule has 5 amide bonds. The standard InChI is InChI=1S/C23H32N6O8S/c1-11-19(32)28-15(8-17(25)31)21(34)27-14(7-12-5-3-2-4-6-12)18(23(36)37)38-10-13(24)20(33)29-16(9-30)22(35)26-11/h2-6,11,13-16,18,30H,7-10,24H2,1H3,(H2,25,31)(H,26,35)(H,27,34)(H,28,32)(H,29,33)(H,36,37)/t11?,13-,14?,15?,16?,18?/m0/s1. The molecule has 0 bridgehead atoms. The Kier molecular flexibility index (Phi) is 11.5. The minimum absolute atomic E-state index is 0.0638. The minimum Gasteiger partial charge on any atom is -0.480 e. The van der Waals surface area contributed by atoms with Crippen LogP contribution in [0.1, 0.15) is 18.9 Å². The van der Waals surface area contributed by atoms with Crippen LogP contribution in [0.5, 0.6) is 0 Å². The molecular formula is C23H32N6O8S. The number of rotatable bonds is 6. The van der Waals surface area contributed by atoms with Crippen molar-refractivity contribution in [1.29, 1.82) is 0 Å². The van der Waals surface area contributed by atoms with Crippen LogP contribution in [0.4, 0.5) is 0 Å². The van der Waals surface area contributed by atoms with Crippen molar-refractivity contribution in [3.05, 3.63) is 35.9 Å². The van der Waals surface area contributed by atoms with Crippen molar-refractivity contribution in [2.75, 3.05) is 12.4 Å². The van der Waals surface area contributed by atoms with Gasteiger partial charge in [0.2, 0.25) is 29.5 Å². The quantitative estimate of drug-likeness (QED) is 0.174. The van der Waals surface area contributed by atoms with E-state index in [0.29, 0.717) is 5.56 Å². The first kappa shape index (κ1) is 30.5. The fourth-order valence-electron chi connectivity index (χ4n) is 3.59. The van der Waals surface area contributed by atoms with Crippen molar-refractivity contribution in [1.82, 2.24) is 21.3 Å². The van der Waals surface area contributed by atoms with Gasteiger partial charge in [0.25, 0.3) is 0 Å². The van der Waals surface area contributed by atoms with Crippen molar-refractivity contribution < 1.29 is 39.0 Å². The number of thioether (sulfide) groups is 1. The van der Waals surface area contributed by atoms with Gasteiger partial charge in [-0.2, -0.15) is 0 Å². The van der Waals surface area contributed by atoms with Crippen LogP contribution in [0.3, 0.4) is 0 Å². The minimum atomic E-state index is -1.47. The highest BCUT2D eigenvalue weighted by Crippen LogP contribution is 2.20. The number of aliphatic hydroxyl groups is 1. The number of benzene rings is 1. The van der Waals surface area contributed by atoms with Crippen LogP contribution in [0, 0.1) is 0 Å². The van der Waals surface area contributed by atoms with E-state index >= 15 is 0 Å². The molecule has 6 atom stereocenters. The first-order valence-electron chi connectivity index (χ1n) is 11.7. The number of nitrogens with one attached hydrogen (secondary N) is 4. The monoisotopic (exact) mass is 552 g/mol. The Morgan fingerprint density at radius 3 is 2.13 bits per heavy atom. The second-order valence-electron chi connectivity index (χ2n) is 8.71. The lowest BCUT2D eigenvalue weighted by molar-refractivity contribution is -0.138. The van der Waals surface area contributed by atoms with Gasteiger partial charge in [0.1, 0.15) is 23.4 Å². The number of aliphatic hydroxyl groups excluding tert-OH is 1. The molecule has 10 N–H and O–H groups in total. The van der Waals surface area contributed by atoms with Gasteiger partial charge in [-0.05, 0) is 18.9 Å². The van der Waals surface area contributed by atoms with Crippen molar-refractivity contribution in [3.8, 4) is 0 Å². The summed E-state index contributed by atoms with van der Waals surface area (Å²) in [5, 5.41) is 27.7. The molecule has 2 rings (SSSR count). The van der Waals surface area contributed by atoms with E-state index in [1.165, 1.54) is 6.92 Å². The molecule has 208 valence electrons. The number of amides is 5. The molecule has 0 saturated carbocycles. The number of carbonyl (C=O) groups excluding carboxylic acids is 5. The zero-order chi connectivity index (χ0) is 28.4. The van der Waals surface area contributed by atoms with E-state index in [1.54, 1.807) is 30.3 Å². The summed E-state index contributed by atoms with van der Waals surface area (Å²) < 4.78 is 0. The van der Waals surface area contributed by atoms with Gasteiger partial charge in [-0.3, -0.25) is 28.8 Å². The lowest BCUT2D eigenvalue weighted by Gasteiger charge is -2.29. The fraction of sp³-hybridized carbons (Fsp3) is 0.478. The average Bonchev–Trinajstić information content (AvgIpc) is 2.85. The molecule has 0 aromatic heterocycles. The van der Waals surface area contributed by atoms with Gasteiger partial charge >= 0.3 is 5.97 Å². The van der Waals surface area contributed by atoms with Crippen molar-refractivity contribution in [2.45, 2.75) is 55.2 Å². The molecule has 0 aliphatic carbocycles. The highest BCUT2D eigenvalue weighted by atomic mass is 32.2. The molecule has 1 fully saturated rings. The highest BCUT2D eigenvalue weighted by molar-refractivity contribution is 8.00. The second kappa shape index (κ2) is 14.3. The Balaban J connectivity index is 2.47. The number of primary amides is 1. The Morgan fingerprint density at radius 1 is 0.947 bits per heavy atom. The third-order valence-corrected chi connectivity index (χ3v) is 7.07. The van der Waals surface area contributed by atoms with E-state index < -0.39 is 84.0 Å². The van der Waals surface area contributed by atoms with Crippen LogP contribution >= 0.6 is 11.8 Å². The Hall–Kier alpha value is -3.69. The molecule has 1 aromatic carbocycles. The summed E-state index contributed by atoms with van der Waals surface area (Å²) in [5.41, 5.74) is 11.9. The molecule has 0 spiro atoms. The summed E-state index contributed by atoms with van der Waals surface area (Å²) in [6.45, 7) is 0.474. The third-order valence-electron chi connectivity index (χ3n) is 5.63. The molecule has 14 nitrogen and oxygen atoms in total. The molecular weight excluding hydrogens is 520 g/mol. The van der Waals surface area contributed by atoms with E-state index in [9.17, 15) is 39.0 Å². The molecule has 1 aliphatic heterocycles. The Bertz CT molecular complexity index is 1040. The lowest BCUT2D eigenvalue weighted by atomic mass is 10.0. The molecule has 38 heavy (non-hydrogen) atoms. The summed E-state index contributed by atoms with van der Waals surface area (Å²) in [6, 6.07) is 2.21. The third kappa shape index (κ3) is 9.00. The maximum Gasteiger partial charge on any atom is 0.318 e. The first-order chi connectivity index (χ1) is 17.9. The number of aliphatic carboxylic acids is 1. The number of carboxylic acid groups (broad SMARTS) is 1. The smallest absolute Gasteiger partial charge is 0.318 e. The molecule has 1 heterocycles. The molecule has 15 heteroatoms. The van der Waals surface area contributed by atoms with Gasteiger partial charge in [0.15, 0.2) is 0 Å². The number of hydrogen-bond acceptors (Lipinski definition) is 9. The summed E-state index contributed by atoms with van der Waals surface area (Å²) in [5.74, 6) is -5.89. The SMILES string of the molecule is CC1NC(=O)C(CO)NC(=O)[C@@H](N)CSC(C(=O)O)C(Cc2ccccc2)NC(=O)C(CC(N)=O)NC1=O. The van der Waals surface area contributed by atoms with Gasteiger partial charge in [-0.1, -0.05) is 30.3 Å². The van der Waals surface area contributed by atoms with Gasteiger partial charge in [-0.25, -0.2) is 0 Å². The first-order valence-corrected chi connectivity index (χ1v) is 12.7. The number of carbonyl (C=O) groups is 6. The van der Waals surface area contributed by atoms with E-state index in [0.717, 1.165) is 11.8 Å². The number of nitrogens with two attached hydrogens (primary N) is 2. The van der Waals surface area contributed by atoms with Crippen LogP contribution < -0.4 is 32.7 Å². The summed E-state index contributed by atoms with van der Waals surface area (Å²) in [4.78, 5) is 74.8. The van der Waals surface area contributed by atoms with E-state index in [-0.39, 0.29) is 12.2 Å². The Morgan fingerprint density at radius 2 is 1.55 bits per heavy atom. The van der Waals surface area contributed by atoms with Crippen LogP contribution in [0.2, 0.25) is 0 Å². The van der Waals surface area contributed by atoms with Crippen LogP contribution in [-0.4, -0.2) is 93.5 Å². The molecule has 1 saturated heterocycles. The van der Waals surface area contributed by atoms with Crippen molar-refractivity contribution in [3.63, 3.8) is 0 Å². The molecule has 1 aliphatic rings. The van der Waals surface area contributed by atoms with E-state index in [2.05, 4.69) is 21.3 Å². The van der Waals surface area contributed by atoms with E-state index in [4.69, 9.17) is 11.5 Å². The zero-order valence-corrected chi connectivity index (χ0v) is 21.4. The number of carboxylic acids is 1. The van der Waals surface area contributed by atoms with Gasteiger partial charge < -0.3 is 42.9 Å². The predicted octanol–water partition coefficient (Wildman–Crippen LogP) is -3.42. The summed E-state index contributed by atoms with van der Waals surface area (Å²) >= 11 is 0.790. The fourth-order valence-corrected chi connectivity index (χ4v) is 4.69. The maximum atomic E-state index is 13.2. The molecule has 1 aromatic rings. The summed E-state index contributed by atoms with van der Waals surface area (Å²) in [7, 11) is 0. The average molecular weight is 553 g/mol. The largest absolute Gasteiger partial charge is 0.480 e. The summed E-state index contributed by atoms with van der Waals surface area (Å²) in [6.07, 6.45) is -0.532. The Labute approximate surface area is 222 Å². The highest BCUT2D eigenvalue weighted by Gasteiger charge is 2.35. The van der Waals surface area contributed by atoms with Crippen LogP contribution in [-0.2, 0) is 35.2 Å². The lowest BCUT2D eigenvalue weighted by Crippen LogP contribution is -2.60. The molecule has 0 radical (unpaired) electrons. The normalized spacial score (nSPS) is 27.9. The van der Waals surface area contributed by atoms with Crippen molar-refractivity contribution in [2.24, 2.45) is 11.5 Å². The van der Waals surface area contributed by atoms with Crippen LogP contribution in [0.15, 0.2) is 30.3 Å². The van der Waals surface area contributed by atoms with Gasteiger partial charge in [0.05, 0.1) is 25.1 Å². The maximum absolute atomic E-state index is 13.2.